The second kappa shape index (κ2) is 11.6. The summed E-state index contributed by atoms with van der Waals surface area (Å²) in [5, 5.41) is 11.4. The minimum Gasteiger partial charge on any atom is -0.507 e. The van der Waals surface area contributed by atoms with E-state index < -0.39 is 17.7 Å². The Kier molecular flexibility index (Phi) is 8.23. The summed E-state index contributed by atoms with van der Waals surface area (Å²) in [7, 11) is 5.45. The molecule has 0 saturated carbocycles. The van der Waals surface area contributed by atoms with Crippen LogP contribution < -0.4 is 18.9 Å². The summed E-state index contributed by atoms with van der Waals surface area (Å²) in [6.07, 6.45) is 1.50. The maximum atomic E-state index is 13.3. The van der Waals surface area contributed by atoms with Gasteiger partial charge >= 0.3 is 0 Å². The van der Waals surface area contributed by atoms with Gasteiger partial charge < -0.3 is 33.9 Å². The maximum Gasteiger partial charge on any atom is 0.295 e. The van der Waals surface area contributed by atoms with E-state index in [1.807, 2.05) is 25.9 Å². The van der Waals surface area contributed by atoms with Crippen LogP contribution in [-0.4, -0.2) is 80.7 Å². The molecule has 0 bridgehead atoms. The van der Waals surface area contributed by atoms with E-state index in [-0.39, 0.29) is 11.3 Å². The van der Waals surface area contributed by atoms with E-state index in [0.29, 0.717) is 66.9 Å². The molecule has 9 nitrogen and oxygen atoms in total. The normalized spacial score (nSPS) is 18.4. The van der Waals surface area contributed by atoms with Crippen LogP contribution in [0, 0.1) is 0 Å². The fourth-order valence-electron chi connectivity index (χ4n) is 4.55. The Hall–Kier alpha value is -3.72. The maximum absolute atomic E-state index is 13.3. The van der Waals surface area contributed by atoms with Crippen molar-refractivity contribution in [2.75, 3.05) is 54.1 Å². The number of benzene rings is 2. The summed E-state index contributed by atoms with van der Waals surface area (Å²) >= 11 is 0. The first-order valence-corrected chi connectivity index (χ1v) is 12.5. The van der Waals surface area contributed by atoms with Crippen molar-refractivity contribution in [2.45, 2.75) is 25.8 Å². The smallest absolute Gasteiger partial charge is 0.295 e. The molecule has 2 aromatic carbocycles. The van der Waals surface area contributed by atoms with Gasteiger partial charge in [-0.15, -0.1) is 0 Å². The van der Waals surface area contributed by atoms with E-state index in [1.54, 1.807) is 43.5 Å². The number of Topliss-reactive ketones (excluding diaryl/α,β-unsaturated/α-hetero) is 1. The Bertz CT molecular complexity index is 1190. The average Bonchev–Trinajstić information content (AvgIpc) is 3.16. The third kappa shape index (κ3) is 5.51. The predicted molar refractivity (Wildman–Crippen MR) is 138 cm³/mol. The highest BCUT2D eigenvalue weighted by Gasteiger charge is 2.46. The number of carbonyl (C=O) groups excluding carboxylic acids is 2. The summed E-state index contributed by atoms with van der Waals surface area (Å²) in [5.74, 6) is 0.469. The van der Waals surface area contributed by atoms with Crippen LogP contribution in [0.1, 0.15) is 36.9 Å². The first-order chi connectivity index (χ1) is 17.8. The number of methoxy groups -OCH3 is 1. The number of aliphatic hydroxyl groups is 1. The zero-order chi connectivity index (χ0) is 26.5. The zero-order valence-electron chi connectivity index (χ0n) is 21.8. The molecule has 1 unspecified atom stereocenters. The number of ether oxygens (including phenoxy) is 4. The first-order valence-electron chi connectivity index (χ1n) is 12.5. The van der Waals surface area contributed by atoms with Crippen LogP contribution in [0.15, 0.2) is 42.0 Å². The molecule has 1 saturated heterocycles. The van der Waals surface area contributed by atoms with Crippen molar-refractivity contribution in [1.82, 2.24) is 9.80 Å². The molecule has 2 aromatic rings. The van der Waals surface area contributed by atoms with E-state index in [4.69, 9.17) is 18.9 Å². The Balaban J connectivity index is 1.80. The highest BCUT2D eigenvalue weighted by molar-refractivity contribution is 6.46. The number of nitrogens with zero attached hydrogens (tertiary/aromatic N) is 2. The number of carbonyl (C=O) groups is 2. The third-order valence-corrected chi connectivity index (χ3v) is 6.33. The van der Waals surface area contributed by atoms with Crippen LogP contribution in [0.4, 0.5) is 0 Å². The van der Waals surface area contributed by atoms with Crippen molar-refractivity contribution in [3.8, 4) is 23.0 Å². The third-order valence-electron chi connectivity index (χ3n) is 6.33. The molecular weight excluding hydrogens is 476 g/mol. The van der Waals surface area contributed by atoms with Crippen LogP contribution in [-0.2, 0) is 9.59 Å². The fourth-order valence-corrected chi connectivity index (χ4v) is 4.55. The van der Waals surface area contributed by atoms with Crippen molar-refractivity contribution >= 4 is 17.4 Å². The second-order valence-corrected chi connectivity index (χ2v) is 9.27. The van der Waals surface area contributed by atoms with Crippen molar-refractivity contribution < 1.29 is 33.6 Å². The van der Waals surface area contributed by atoms with Gasteiger partial charge in [-0.05, 0) is 69.4 Å². The molecule has 0 aliphatic carbocycles. The van der Waals surface area contributed by atoms with Gasteiger partial charge in [0.05, 0.1) is 25.3 Å². The molecule has 1 amide bonds. The van der Waals surface area contributed by atoms with E-state index in [1.165, 1.54) is 4.90 Å². The number of ketones is 1. The Morgan fingerprint density at radius 1 is 1.08 bits per heavy atom. The van der Waals surface area contributed by atoms with E-state index in [0.717, 1.165) is 13.0 Å². The second-order valence-electron chi connectivity index (χ2n) is 9.27. The molecule has 0 aromatic heterocycles. The Morgan fingerprint density at radius 3 is 2.54 bits per heavy atom. The molecule has 0 radical (unpaired) electrons. The van der Waals surface area contributed by atoms with Gasteiger partial charge in [-0.1, -0.05) is 13.0 Å². The van der Waals surface area contributed by atoms with Crippen LogP contribution in [0.2, 0.25) is 0 Å². The fraction of sp³-hybridized carbons (Fsp3) is 0.429. The summed E-state index contributed by atoms with van der Waals surface area (Å²) in [6, 6.07) is 9.52. The first kappa shape index (κ1) is 26.3. The molecule has 1 fully saturated rings. The minimum absolute atomic E-state index is 0.0239. The van der Waals surface area contributed by atoms with Crippen LogP contribution >= 0.6 is 0 Å². The molecule has 9 heteroatoms. The molecule has 1 atom stereocenters. The number of rotatable bonds is 10. The van der Waals surface area contributed by atoms with Crippen molar-refractivity contribution in [2.24, 2.45) is 0 Å². The van der Waals surface area contributed by atoms with Gasteiger partial charge in [-0.25, -0.2) is 0 Å². The standard InChI is InChI=1S/C28H34N2O7/c1-5-13-35-20-9-7-18(16-22(20)34-4)25-24(27(32)28(33)30(25)12-6-11-29(2)3)26(31)19-8-10-21-23(17-19)37-15-14-36-21/h7-10,16-17,25,31H,5-6,11-15H2,1-4H3. The van der Waals surface area contributed by atoms with Crippen LogP contribution in [0.3, 0.4) is 0 Å². The highest BCUT2D eigenvalue weighted by Crippen LogP contribution is 2.43. The lowest BCUT2D eigenvalue weighted by atomic mass is 9.94. The van der Waals surface area contributed by atoms with Gasteiger partial charge in [0, 0.05) is 12.1 Å². The number of fused-ring (bicyclic) bond motifs is 1. The molecule has 37 heavy (non-hydrogen) atoms. The Morgan fingerprint density at radius 2 is 1.84 bits per heavy atom. The lowest BCUT2D eigenvalue weighted by molar-refractivity contribution is -0.139. The average molecular weight is 511 g/mol. The van der Waals surface area contributed by atoms with E-state index in [2.05, 4.69) is 0 Å². The van der Waals surface area contributed by atoms with Crippen molar-refractivity contribution in [1.29, 1.82) is 0 Å². The molecule has 2 aliphatic rings. The van der Waals surface area contributed by atoms with Gasteiger partial charge in [0.15, 0.2) is 23.0 Å². The molecule has 198 valence electrons. The number of amides is 1. The quantitative estimate of drug-likeness (QED) is 0.294. The predicted octanol–water partition coefficient (Wildman–Crippen LogP) is 3.63. The lowest BCUT2D eigenvalue weighted by Gasteiger charge is -2.26. The van der Waals surface area contributed by atoms with Gasteiger partial charge in [0.1, 0.15) is 19.0 Å². The molecule has 0 spiro atoms. The Labute approximate surface area is 217 Å². The lowest BCUT2D eigenvalue weighted by Crippen LogP contribution is -2.32. The zero-order valence-corrected chi connectivity index (χ0v) is 21.8. The highest BCUT2D eigenvalue weighted by atomic mass is 16.6. The summed E-state index contributed by atoms with van der Waals surface area (Å²) < 4.78 is 22.6. The summed E-state index contributed by atoms with van der Waals surface area (Å²) in [6.45, 7) is 4.46. The summed E-state index contributed by atoms with van der Waals surface area (Å²) in [4.78, 5) is 30.1. The van der Waals surface area contributed by atoms with Gasteiger partial charge in [0.2, 0.25) is 0 Å². The van der Waals surface area contributed by atoms with Crippen molar-refractivity contribution in [3.63, 3.8) is 0 Å². The van der Waals surface area contributed by atoms with E-state index >= 15 is 0 Å². The number of hydrogen-bond donors (Lipinski definition) is 1. The minimum atomic E-state index is -0.788. The topological polar surface area (TPSA) is 97.8 Å². The SMILES string of the molecule is CCCOc1ccc(C2C(=C(O)c3ccc4c(c3)OCCO4)C(=O)C(=O)N2CCCN(C)C)cc1OC. The largest absolute Gasteiger partial charge is 0.507 e. The van der Waals surface area contributed by atoms with Crippen molar-refractivity contribution in [3.05, 3.63) is 53.1 Å². The van der Waals surface area contributed by atoms with Gasteiger partial charge in [-0.3, -0.25) is 9.59 Å². The molecule has 4 rings (SSSR count). The molecule has 2 aliphatic heterocycles. The summed E-state index contributed by atoms with van der Waals surface area (Å²) in [5.41, 5.74) is 1.04. The monoisotopic (exact) mass is 510 g/mol. The van der Waals surface area contributed by atoms with Crippen LogP contribution in [0.25, 0.3) is 5.76 Å². The van der Waals surface area contributed by atoms with E-state index in [9.17, 15) is 14.7 Å². The molecular formula is C28H34N2O7. The number of aliphatic hydroxyl groups excluding tert-OH is 1. The van der Waals surface area contributed by atoms with Crippen LogP contribution in [0.5, 0.6) is 23.0 Å². The van der Waals surface area contributed by atoms with Gasteiger partial charge in [-0.2, -0.15) is 0 Å². The molecule has 1 N–H and O–H groups in total. The number of likely N-dealkylation sites (tertiary alicyclic amines) is 1. The number of hydrogen-bond acceptors (Lipinski definition) is 8. The molecule has 2 heterocycles. The van der Waals surface area contributed by atoms with Gasteiger partial charge in [0.25, 0.3) is 11.7 Å².